The third kappa shape index (κ3) is 6.32. The van der Waals surface area contributed by atoms with Gasteiger partial charge in [0.15, 0.2) is 0 Å². The first-order valence-electron chi connectivity index (χ1n) is 20.5. The van der Waals surface area contributed by atoms with Gasteiger partial charge in [0.2, 0.25) is 0 Å². The monoisotopic (exact) mass is 765 g/mol. The highest BCUT2D eigenvalue weighted by atomic mass is 16.3. The minimum Gasteiger partial charge on any atom is -0.456 e. The highest BCUT2D eigenvalue weighted by Gasteiger charge is 2.23. The second-order valence-electron chi connectivity index (χ2n) is 15.2. The normalized spacial score (nSPS) is 11.3. The molecule has 0 fully saturated rings. The summed E-state index contributed by atoms with van der Waals surface area (Å²) in [5, 5.41) is 4.64. The zero-order valence-corrected chi connectivity index (χ0v) is 32.9. The van der Waals surface area contributed by atoms with Crippen molar-refractivity contribution in [3.8, 4) is 55.6 Å². The van der Waals surface area contributed by atoms with Gasteiger partial charge in [-0.15, -0.1) is 0 Å². The van der Waals surface area contributed by atoms with Crippen LogP contribution in [0.2, 0.25) is 0 Å². The van der Waals surface area contributed by atoms with Crippen LogP contribution in [0.3, 0.4) is 0 Å². The number of anilines is 3. The zero-order valence-electron chi connectivity index (χ0n) is 32.9. The highest BCUT2D eigenvalue weighted by molar-refractivity contribution is 6.14. The SMILES string of the molecule is c1ccc(-c2ccc(-c3ccccc3)c(-c3ccccc3-c3ccccc3N(c3ccc(-c4ccc5ccccc5c4)cc3)c3cccc4oc5ccccc5c34)c2)cc1. The molecule has 282 valence electrons. The first-order valence-corrected chi connectivity index (χ1v) is 20.5. The zero-order chi connectivity index (χ0) is 39.8. The molecule has 2 nitrogen and oxygen atoms in total. The standard InChI is InChI=1S/C58H39NO/c1-3-16-40(17-4-1)46-34-37-48(43-19-5-2-6-20-43)53(39-46)50-23-10-9-22-49(50)51-24-11-13-26-54(51)59(55-27-15-29-57-58(55)52-25-12-14-28-56(52)60-57)47-35-32-42(33-36-47)45-31-30-41-18-7-8-21-44(41)38-45/h1-39H. The van der Waals surface area contributed by atoms with Gasteiger partial charge in [0, 0.05) is 16.6 Å². The van der Waals surface area contributed by atoms with Crippen molar-refractivity contribution in [2.75, 3.05) is 4.90 Å². The van der Waals surface area contributed by atoms with Crippen LogP contribution >= 0.6 is 0 Å². The Morgan fingerprint density at radius 2 is 0.833 bits per heavy atom. The Bertz CT molecular complexity index is 3310. The minimum absolute atomic E-state index is 0.856. The number of hydrogen-bond acceptors (Lipinski definition) is 2. The van der Waals surface area contributed by atoms with Crippen molar-refractivity contribution in [1.29, 1.82) is 0 Å². The lowest BCUT2D eigenvalue weighted by atomic mass is 9.87. The molecule has 0 bridgehead atoms. The van der Waals surface area contributed by atoms with Gasteiger partial charge < -0.3 is 9.32 Å². The topological polar surface area (TPSA) is 16.4 Å². The second-order valence-corrected chi connectivity index (χ2v) is 15.2. The van der Waals surface area contributed by atoms with Gasteiger partial charge in [-0.3, -0.25) is 0 Å². The maximum Gasteiger partial charge on any atom is 0.137 e. The lowest BCUT2D eigenvalue weighted by molar-refractivity contribution is 0.669. The van der Waals surface area contributed by atoms with E-state index in [9.17, 15) is 0 Å². The Balaban J connectivity index is 1.13. The van der Waals surface area contributed by atoms with E-state index >= 15 is 0 Å². The van der Waals surface area contributed by atoms with Crippen molar-refractivity contribution in [3.63, 3.8) is 0 Å². The van der Waals surface area contributed by atoms with Crippen molar-refractivity contribution in [1.82, 2.24) is 0 Å². The summed E-state index contributed by atoms with van der Waals surface area (Å²) in [6.45, 7) is 0. The number of nitrogens with zero attached hydrogens (tertiary/aromatic N) is 1. The molecule has 11 rings (SSSR count). The maximum atomic E-state index is 6.50. The summed E-state index contributed by atoms with van der Waals surface area (Å²) < 4.78 is 6.50. The van der Waals surface area contributed by atoms with Crippen LogP contribution in [0.5, 0.6) is 0 Å². The Morgan fingerprint density at radius 3 is 1.63 bits per heavy atom. The van der Waals surface area contributed by atoms with Crippen LogP contribution in [-0.4, -0.2) is 0 Å². The fourth-order valence-electron chi connectivity index (χ4n) is 8.82. The van der Waals surface area contributed by atoms with E-state index in [1.54, 1.807) is 0 Å². The number of benzene rings is 10. The number of rotatable bonds is 8. The van der Waals surface area contributed by atoms with Crippen molar-refractivity contribution < 1.29 is 4.42 Å². The summed E-state index contributed by atoms with van der Waals surface area (Å²) in [6, 6.07) is 85.0. The molecule has 1 heterocycles. The van der Waals surface area contributed by atoms with Crippen LogP contribution < -0.4 is 4.90 Å². The minimum atomic E-state index is 0.856. The van der Waals surface area contributed by atoms with E-state index in [0.717, 1.165) is 50.1 Å². The smallest absolute Gasteiger partial charge is 0.137 e. The van der Waals surface area contributed by atoms with E-state index in [1.165, 1.54) is 55.3 Å². The van der Waals surface area contributed by atoms with Crippen LogP contribution in [0.25, 0.3) is 88.3 Å². The molecule has 10 aromatic carbocycles. The van der Waals surface area contributed by atoms with Gasteiger partial charge in [-0.25, -0.2) is 0 Å². The molecule has 0 unspecified atom stereocenters. The molecule has 0 spiro atoms. The highest BCUT2D eigenvalue weighted by Crippen LogP contribution is 2.48. The average Bonchev–Trinajstić information content (AvgIpc) is 3.72. The van der Waals surface area contributed by atoms with Gasteiger partial charge in [0.1, 0.15) is 11.2 Å². The van der Waals surface area contributed by atoms with Crippen LogP contribution in [0.15, 0.2) is 241 Å². The lowest BCUT2D eigenvalue weighted by Gasteiger charge is -2.29. The molecule has 0 saturated carbocycles. The van der Waals surface area contributed by atoms with Gasteiger partial charge in [0.25, 0.3) is 0 Å². The molecule has 0 saturated heterocycles. The Kier molecular flexibility index (Phi) is 8.87. The molecule has 0 radical (unpaired) electrons. The van der Waals surface area contributed by atoms with E-state index < -0.39 is 0 Å². The summed E-state index contributed by atoms with van der Waals surface area (Å²) in [4.78, 5) is 2.42. The van der Waals surface area contributed by atoms with Gasteiger partial charge in [-0.05, 0) is 109 Å². The Morgan fingerprint density at radius 1 is 0.283 bits per heavy atom. The van der Waals surface area contributed by atoms with Gasteiger partial charge in [-0.2, -0.15) is 0 Å². The van der Waals surface area contributed by atoms with Crippen molar-refractivity contribution in [3.05, 3.63) is 237 Å². The summed E-state index contributed by atoms with van der Waals surface area (Å²) in [5.41, 5.74) is 16.6. The van der Waals surface area contributed by atoms with Crippen LogP contribution in [0.1, 0.15) is 0 Å². The molecular formula is C58H39NO. The molecule has 0 aliphatic heterocycles. The lowest BCUT2D eigenvalue weighted by Crippen LogP contribution is -2.11. The van der Waals surface area contributed by atoms with Gasteiger partial charge >= 0.3 is 0 Å². The number of furan rings is 1. The molecule has 2 heteroatoms. The number of para-hydroxylation sites is 2. The maximum absolute atomic E-state index is 6.50. The average molecular weight is 766 g/mol. The molecule has 1 aromatic heterocycles. The predicted octanol–water partition coefficient (Wildman–Crippen LogP) is 16.5. The summed E-state index contributed by atoms with van der Waals surface area (Å²) in [6.07, 6.45) is 0. The van der Waals surface area contributed by atoms with Crippen molar-refractivity contribution >= 4 is 49.8 Å². The second kappa shape index (κ2) is 15.1. The molecule has 11 aromatic rings. The van der Waals surface area contributed by atoms with E-state index in [2.05, 4.69) is 235 Å². The predicted molar refractivity (Wildman–Crippen MR) is 253 cm³/mol. The van der Waals surface area contributed by atoms with E-state index in [-0.39, 0.29) is 0 Å². The third-order valence-corrected chi connectivity index (χ3v) is 11.7. The number of hydrogen-bond donors (Lipinski definition) is 0. The molecule has 60 heavy (non-hydrogen) atoms. The fourth-order valence-corrected chi connectivity index (χ4v) is 8.82. The van der Waals surface area contributed by atoms with Gasteiger partial charge in [-0.1, -0.05) is 188 Å². The summed E-state index contributed by atoms with van der Waals surface area (Å²) >= 11 is 0. The molecule has 0 aliphatic carbocycles. The molecule has 0 aliphatic rings. The van der Waals surface area contributed by atoms with Crippen LogP contribution in [-0.2, 0) is 0 Å². The van der Waals surface area contributed by atoms with Crippen LogP contribution in [0, 0.1) is 0 Å². The molecule has 0 amide bonds. The number of fused-ring (bicyclic) bond motifs is 4. The van der Waals surface area contributed by atoms with E-state index in [1.807, 2.05) is 6.07 Å². The van der Waals surface area contributed by atoms with Gasteiger partial charge in [0.05, 0.1) is 16.8 Å². The van der Waals surface area contributed by atoms with Crippen LogP contribution in [0.4, 0.5) is 17.1 Å². The molecule has 0 N–H and O–H groups in total. The summed E-state index contributed by atoms with van der Waals surface area (Å²) in [7, 11) is 0. The first-order chi connectivity index (χ1) is 29.8. The van der Waals surface area contributed by atoms with Crippen molar-refractivity contribution in [2.45, 2.75) is 0 Å². The van der Waals surface area contributed by atoms with E-state index in [4.69, 9.17) is 4.42 Å². The Labute approximate surface area is 349 Å². The Hall–Kier alpha value is -7.94. The van der Waals surface area contributed by atoms with E-state index in [0.29, 0.717) is 0 Å². The molecule has 0 atom stereocenters. The quantitative estimate of drug-likeness (QED) is 0.153. The largest absolute Gasteiger partial charge is 0.456 e. The molecular weight excluding hydrogens is 727 g/mol. The fraction of sp³-hybridized carbons (Fsp3) is 0. The first kappa shape index (κ1) is 35.2. The van der Waals surface area contributed by atoms with Crippen molar-refractivity contribution in [2.24, 2.45) is 0 Å². The summed E-state index contributed by atoms with van der Waals surface area (Å²) in [5.74, 6) is 0. The third-order valence-electron chi connectivity index (χ3n) is 11.7.